The van der Waals surface area contributed by atoms with Crippen LogP contribution in [0.15, 0.2) is 42.5 Å². The molecule has 1 heterocycles. The molecule has 0 aliphatic carbocycles. The molecular weight excluding hydrogens is 337 g/mol. The fraction of sp³-hybridized carbons (Fsp3) is 0.300. The Morgan fingerprint density at radius 2 is 1.92 bits per heavy atom. The molecule has 6 heteroatoms. The van der Waals surface area contributed by atoms with Gasteiger partial charge in [0, 0.05) is 6.61 Å². The topological polar surface area (TPSA) is 75.6 Å². The zero-order valence-electron chi connectivity index (χ0n) is 14.4. The van der Waals surface area contributed by atoms with Gasteiger partial charge in [0.2, 0.25) is 5.91 Å². The second-order valence-electron chi connectivity index (χ2n) is 6.44. The molecule has 0 aromatic heterocycles. The van der Waals surface area contributed by atoms with Gasteiger partial charge in [-0.15, -0.1) is 0 Å². The van der Waals surface area contributed by atoms with Crippen LogP contribution in [0.3, 0.4) is 0 Å². The lowest BCUT2D eigenvalue weighted by Gasteiger charge is -2.31. The van der Waals surface area contributed by atoms with Gasteiger partial charge in [-0.2, -0.15) is 0 Å². The Balaban J connectivity index is 1.82. The molecule has 2 N–H and O–H groups in total. The van der Waals surface area contributed by atoms with Crippen LogP contribution in [0.25, 0.3) is 0 Å². The number of carboxylic acids is 1. The van der Waals surface area contributed by atoms with Gasteiger partial charge in [0.25, 0.3) is 0 Å². The highest BCUT2D eigenvalue weighted by Crippen LogP contribution is 2.35. The molecule has 1 aliphatic rings. The lowest BCUT2D eigenvalue weighted by atomic mass is 9.88. The second kappa shape index (κ2) is 7.66. The number of benzene rings is 2. The predicted molar refractivity (Wildman–Crippen MR) is 94.6 cm³/mol. The van der Waals surface area contributed by atoms with Crippen LogP contribution in [0, 0.1) is 18.7 Å². The van der Waals surface area contributed by atoms with E-state index in [-0.39, 0.29) is 17.2 Å². The monoisotopic (exact) mass is 357 g/mol. The van der Waals surface area contributed by atoms with Crippen LogP contribution in [0.2, 0.25) is 0 Å². The third kappa shape index (κ3) is 3.91. The summed E-state index contributed by atoms with van der Waals surface area (Å²) in [5.74, 6) is -2.71. The van der Waals surface area contributed by atoms with Crippen molar-refractivity contribution in [1.29, 1.82) is 0 Å². The summed E-state index contributed by atoms with van der Waals surface area (Å²) in [6.07, 6.45) is 0.943. The number of carbonyl (C=O) groups excluding carboxylic acids is 1. The summed E-state index contributed by atoms with van der Waals surface area (Å²) in [4.78, 5) is 23.8. The number of nitrogens with one attached hydrogen (secondary N) is 1. The highest BCUT2D eigenvalue weighted by molar-refractivity contribution is 5.95. The van der Waals surface area contributed by atoms with Crippen LogP contribution in [-0.2, 0) is 9.53 Å². The third-order valence-electron chi connectivity index (χ3n) is 4.54. The van der Waals surface area contributed by atoms with E-state index in [1.165, 1.54) is 0 Å². The van der Waals surface area contributed by atoms with E-state index in [2.05, 4.69) is 5.32 Å². The number of hydrogen-bond acceptors (Lipinski definition) is 3. The second-order valence-corrected chi connectivity index (χ2v) is 6.44. The van der Waals surface area contributed by atoms with Crippen LogP contribution >= 0.6 is 0 Å². The average molecular weight is 357 g/mol. The molecule has 2 unspecified atom stereocenters. The lowest BCUT2D eigenvalue weighted by Crippen LogP contribution is -2.33. The molecule has 0 saturated carbocycles. The van der Waals surface area contributed by atoms with E-state index >= 15 is 0 Å². The van der Waals surface area contributed by atoms with Gasteiger partial charge in [-0.1, -0.05) is 29.8 Å². The molecule has 3 rings (SSSR count). The van der Waals surface area contributed by atoms with Crippen LogP contribution in [0.1, 0.15) is 40.4 Å². The highest BCUT2D eigenvalue weighted by Gasteiger charge is 2.33. The summed E-state index contributed by atoms with van der Waals surface area (Å²) in [6, 6.07) is 11.1. The van der Waals surface area contributed by atoms with Crippen molar-refractivity contribution in [1.82, 2.24) is 0 Å². The molecule has 26 heavy (non-hydrogen) atoms. The normalized spacial score (nSPS) is 19.8. The summed E-state index contributed by atoms with van der Waals surface area (Å²) in [7, 11) is 0. The van der Waals surface area contributed by atoms with Gasteiger partial charge in [-0.3, -0.25) is 4.79 Å². The van der Waals surface area contributed by atoms with Crippen molar-refractivity contribution in [2.24, 2.45) is 5.92 Å². The molecule has 2 aromatic carbocycles. The van der Waals surface area contributed by atoms with E-state index in [0.29, 0.717) is 13.0 Å². The zero-order valence-corrected chi connectivity index (χ0v) is 14.4. The summed E-state index contributed by atoms with van der Waals surface area (Å²) >= 11 is 0. The Kier molecular flexibility index (Phi) is 5.32. The van der Waals surface area contributed by atoms with Crippen molar-refractivity contribution in [2.75, 3.05) is 11.9 Å². The number of aromatic carboxylic acids is 1. The van der Waals surface area contributed by atoms with Crippen molar-refractivity contribution in [3.05, 3.63) is 65.0 Å². The van der Waals surface area contributed by atoms with Crippen molar-refractivity contribution < 1.29 is 23.8 Å². The number of rotatable bonds is 4. The molecule has 0 radical (unpaired) electrons. The minimum Gasteiger partial charge on any atom is -0.478 e. The third-order valence-corrected chi connectivity index (χ3v) is 4.54. The number of amides is 1. The molecule has 0 bridgehead atoms. The largest absolute Gasteiger partial charge is 0.478 e. The quantitative estimate of drug-likeness (QED) is 0.869. The summed E-state index contributed by atoms with van der Waals surface area (Å²) in [5.41, 5.74) is 1.79. The lowest BCUT2D eigenvalue weighted by molar-refractivity contribution is -0.129. The van der Waals surface area contributed by atoms with Crippen LogP contribution in [-0.4, -0.2) is 23.6 Å². The molecule has 136 valence electrons. The Morgan fingerprint density at radius 3 is 2.62 bits per heavy atom. The van der Waals surface area contributed by atoms with E-state index in [1.54, 1.807) is 0 Å². The predicted octanol–water partition coefficient (Wildman–Crippen LogP) is 3.94. The minimum absolute atomic E-state index is 0.0864. The first kappa shape index (κ1) is 18.1. The Bertz CT molecular complexity index is 819. The van der Waals surface area contributed by atoms with Crippen molar-refractivity contribution in [3.8, 4) is 0 Å². The molecular formula is C20H20FNO4. The van der Waals surface area contributed by atoms with E-state index in [4.69, 9.17) is 9.84 Å². The van der Waals surface area contributed by atoms with Gasteiger partial charge in [0.05, 0.1) is 23.3 Å². The van der Waals surface area contributed by atoms with E-state index < -0.39 is 23.8 Å². The summed E-state index contributed by atoms with van der Waals surface area (Å²) in [5, 5.41) is 11.6. The van der Waals surface area contributed by atoms with Crippen molar-refractivity contribution >= 4 is 17.6 Å². The molecule has 1 aliphatic heterocycles. The van der Waals surface area contributed by atoms with Gasteiger partial charge >= 0.3 is 5.97 Å². The first-order chi connectivity index (χ1) is 12.5. The Morgan fingerprint density at radius 1 is 1.19 bits per heavy atom. The SMILES string of the molecule is Cc1ccc(C2OCCCC2C(=O)Nc2cc(C(=O)O)ccc2F)cc1. The Hall–Kier alpha value is -2.73. The number of anilines is 1. The molecule has 1 amide bonds. The Labute approximate surface area is 150 Å². The summed E-state index contributed by atoms with van der Waals surface area (Å²) < 4.78 is 19.8. The number of aryl methyl sites for hydroxylation is 1. The number of halogens is 1. The van der Waals surface area contributed by atoms with E-state index in [0.717, 1.165) is 35.7 Å². The molecule has 2 aromatic rings. The fourth-order valence-electron chi connectivity index (χ4n) is 3.11. The average Bonchev–Trinajstić information content (AvgIpc) is 2.64. The van der Waals surface area contributed by atoms with Crippen LogP contribution in [0.5, 0.6) is 0 Å². The van der Waals surface area contributed by atoms with Gasteiger partial charge in [-0.05, 0) is 43.5 Å². The number of hydrogen-bond donors (Lipinski definition) is 2. The van der Waals surface area contributed by atoms with E-state index in [1.807, 2.05) is 31.2 Å². The van der Waals surface area contributed by atoms with Gasteiger partial charge < -0.3 is 15.2 Å². The smallest absolute Gasteiger partial charge is 0.335 e. The maximum Gasteiger partial charge on any atom is 0.335 e. The van der Waals surface area contributed by atoms with Crippen molar-refractivity contribution in [2.45, 2.75) is 25.9 Å². The number of carboxylic acid groups (broad SMARTS) is 1. The zero-order chi connectivity index (χ0) is 18.7. The van der Waals surface area contributed by atoms with Crippen LogP contribution in [0.4, 0.5) is 10.1 Å². The van der Waals surface area contributed by atoms with Gasteiger partial charge in [0.1, 0.15) is 5.82 Å². The fourth-order valence-corrected chi connectivity index (χ4v) is 3.11. The first-order valence-electron chi connectivity index (χ1n) is 8.47. The summed E-state index contributed by atoms with van der Waals surface area (Å²) in [6.45, 7) is 2.54. The maximum absolute atomic E-state index is 14.0. The maximum atomic E-state index is 14.0. The number of carbonyl (C=O) groups is 2. The van der Waals surface area contributed by atoms with E-state index in [9.17, 15) is 14.0 Å². The molecule has 0 spiro atoms. The standard InChI is InChI=1S/C20H20FNO4/c1-12-4-6-13(7-5-12)18-15(3-2-10-26-18)19(23)22-17-11-14(20(24)25)8-9-16(17)21/h4-9,11,15,18H,2-3,10H2,1H3,(H,22,23)(H,24,25). The van der Waals surface area contributed by atoms with Gasteiger partial charge in [-0.25, -0.2) is 9.18 Å². The number of ether oxygens (including phenoxy) is 1. The molecule has 2 atom stereocenters. The minimum atomic E-state index is -1.18. The van der Waals surface area contributed by atoms with Crippen molar-refractivity contribution in [3.63, 3.8) is 0 Å². The van der Waals surface area contributed by atoms with Gasteiger partial charge in [0.15, 0.2) is 0 Å². The molecule has 1 fully saturated rings. The van der Waals surface area contributed by atoms with Crippen LogP contribution < -0.4 is 5.32 Å². The molecule has 5 nitrogen and oxygen atoms in total. The molecule has 1 saturated heterocycles. The highest BCUT2D eigenvalue weighted by atomic mass is 19.1. The first-order valence-corrected chi connectivity index (χ1v) is 8.47.